The minimum absolute atomic E-state index is 0.226. The van der Waals surface area contributed by atoms with Gasteiger partial charge in [0.25, 0.3) is 0 Å². The van der Waals surface area contributed by atoms with Crippen LogP contribution < -0.4 is 10.6 Å². The van der Waals surface area contributed by atoms with Gasteiger partial charge in [0, 0.05) is 29.6 Å². The minimum Gasteiger partial charge on any atom is -0.460 e. The lowest BCUT2D eigenvalue weighted by molar-refractivity contribution is 0.284. The lowest BCUT2D eigenvalue weighted by Crippen LogP contribution is -2.40. The topological polar surface area (TPSA) is 57.4 Å². The van der Waals surface area contributed by atoms with Crippen LogP contribution >= 0.6 is 11.3 Å². The minimum atomic E-state index is 0.226. The summed E-state index contributed by atoms with van der Waals surface area (Å²) >= 11 is 1.79. The molecular formula is C22H28N2O2S. The van der Waals surface area contributed by atoms with E-state index in [-0.39, 0.29) is 6.61 Å². The van der Waals surface area contributed by atoms with Crippen LogP contribution in [0.25, 0.3) is 11.3 Å². The molecule has 144 valence electrons. The first-order valence-electron chi connectivity index (χ1n) is 9.47. The Bertz CT molecular complexity index is 781. The third-order valence-corrected chi connectivity index (χ3v) is 5.39. The quantitative estimate of drug-likeness (QED) is 0.438. The van der Waals surface area contributed by atoms with Gasteiger partial charge in [-0.1, -0.05) is 35.9 Å². The van der Waals surface area contributed by atoms with E-state index in [1.807, 2.05) is 12.1 Å². The van der Waals surface area contributed by atoms with Gasteiger partial charge in [0.15, 0.2) is 0 Å². The van der Waals surface area contributed by atoms with E-state index in [4.69, 9.17) is 9.52 Å². The number of hydrogen-bond acceptors (Lipinski definition) is 5. The highest BCUT2D eigenvalue weighted by Gasteiger charge is 2.12. The predicted octanol–water partition coefficient (Wildman–Crippen LogP) is 3.99. The van der Waals surface area contributed by atoms with Crippen molar-refractivity contribution < 1.29 is 9.52 Å². The van der Waals surface area contributed by atoms with Crippen LogP contribution in [0.4, 0.5) is 0 Å². The molecule has 0 spiro atoms. The molecule has 0 radical (unpaired) electrons. The van der Waals surface area contributed by atoms with Crippen molar-refractivity contribution in [3.8, 4) is 11.3 Å². The zero-order valence-corrected chi connectivity index (χ0v) is 16.6. The highest BCUT2D eigenvalue weighted by atomic mass is 32.1. The van der Waals surface area contributed by atoms with Crippen molar-refractivity contribution in [1.29, 1.82) is 0 Å². The Morgan fingerprint density at radius 3 is 2.70 bits per heavy atom. The smallest absolute Gasteiger partial charge is 0.134 e. The summed E-state index contributed by atoms with van der Waals surface area (Å²) in [6.07, 6.45) is 1.76. The van der Waals surface area contributed by atoms with Crippen LogP contribution in [0, 0.1) is 6.92 Å². The fourth-order valence-electron chi connectivity index (χ4n) is 2.96. The molecule has 0 aliphatic heterocycles. The summed E-state index contributed by atoms with van der Waals surface area (Å²) in [4.78, 5) is 1.37. The van der Waals surface area contributed by atoms with E-state index in [9.17, 15) is 0 Å². The van der Waals surface area contributed by atoms with Crippen molar-refractivity contribution in [3.05, 3.63) is 70.1 Å². The molecule has 2 heterocycles. The van der Waals surface area contributed by atoms with E-state index >= 15 is 0 Å². The summed E-state index contributed by atoms with van der Waals surface area (Å²) in [7, 11) is 0. The summed E-state index contributed by atoms with van der Waals surface area (Å²) in [6, 6.07) is 17.1. The molecular weight excluding hydrogens is 356 g/mol. The summed E-state index contributed by atoms with van der Waals surface area (Å²) in [5.41, 5.74) is 2.35. The van der Waals surface area contributed by atoms with Crippen molar-refractivity contribution in [2.24, 2.45) is 0 Å². The van der Waals surface area contributed by atoms with Gasteiger partial charge in [-0.05, 0) is 49.9 Å². The first-order chi connectivity index (χ1) is 13.2. The fraction of sp³-hybridized carbons (Fsp3) is 0.364. The van der Waals surface area contributed by atoms with Crippen molar-refractivity contribution in [1.82, 2.24) is 10.6 Å². The third-order valence-electron chi connectivity index (χ3n) is 4.49. The van der Waals surface area contributed by atoms with Crippen LogP contribution in [0.2, 0.25) is 0 Å². The lowest BCUT2D eigenvalue weighted by Gasteiger charge is -2.18. The second-order valence-corrected chi connectivity index (χ2v) is 7.81. The number of aliphatic hydroxyl groups is 1. The maximum atomic E-state index is 8.94. The van der Waals surface area contributed by atoms with Gasteiger partial charge in [-0.15, -0.1) is 11.3 Å². The molecule has 3 aromatic rings. The van der Waals surface area contributed by atoms with Gasteiger partial charge in [0.1, 0.15) is 11.5 Å². The average Bonchev–Trinajstić information content (AvgIpc) is 3.35. The SMILES string of the molecule is Cc1ccc(-c2ccc(CNC(CNCCCO)Cc3cccs3)o2)cc1. The zero-order chi connectivity index (χ0) is 18.9. The number of furan rings is 1. The Labute approximate surface area is 165 Å². The summed E-state index contributed by atoms with van der Waals surface area (Å²) in [5.74, 6) is 1.85. The van der Waals surface area contributed by atoms with Gasteiger partial charge in [-0.2, -0.15) is 0 Å². The predicted molar refractivity (Wildman–Crippen MR) is 112 cm³/mol. The van der Waals surface area contributed by atoms with Gasteiger partial charge in [-0.3, -0.25) is 0 Å². The normalized spacial score (nSPS) is 12.4. The molecule has 3 N–H and O–H groups in total. The van der Waals surface area contributed by atoms with E-state index in [1.165, 1.54) is 10.4 Å². The summed E-state index contributed by atoms with van der Waals surface area (Å²) in [6.45, 7) is 4.71. The number of aliphatic hydroxyl groups excluding tert-OH is 1. The molecule has 5 heteroatoms. The molecule has 0 saturated carbocycles. The van der Waals surface area contributed by atoms with Gasteiger partial charge < -0.3 is 20.2 Å². The molecule has 0 amide bonds. The number of aryl methyl sites for hydroxylation is 1. The van der Waals surface area contributed by atoms with E-state index < -0.39 is 0 Å². The van der Waals surface area contributed by atoms with E-state index in [2.05, 4.69) is 59.3 Å². The molecule has 0 fully saturated rings. The largest absolute Gasteiger partial charge is 0.460 e. The van der Waals surface area contributed by atoms with Crippen LogP contribution in [0.15, 0.2) is 58.3 Å². The highest BCUT2D eigenvalue weighted by Crippen LogP contribution is 2.22. The molecule has 1 atom stereocenters. The van der Waals surface area contributed by atoms with Gasteiger partial charge in [-0.25, -0.2) is 0 Å². The maximum absolute atomic E-state index is 8.94. The molecule has 4 nitrogen and oxygen atoms in total. The Hall–Kier alpha value is -1.92. The van der Waals surface area contributed by atoms with Gasteiger partial charge >= 0.3 is 0 Å². The Balaban J connectivity index is 1.56. The monoisotopic (exact) mass is 384 g/mol. The second-order valence-electron chi connectivity index (χ2n) is 6.77. The molecule has 0 saturated heterocycles. The first kappa shape index (κ1) is 19.8. The molecule has 0 aliphatic rings. The number of rotatable bonds is 11. The summed E-state index contributed by atoms with van der Waals surface area (Å²) < 4.78 is 6.02. The third kappa shape index (κ3) is 6.33. The zero-order valence-electron chi connectivity index (χ0n) is 15.8. The molecule has 27 heavy (non-hydrogen) atoms. The van der Waals surface area contributed by atoms with E-state index in [0.717, 1.165) is 43.0 Å². The molecule has 1 aromatic carbocycles. The van der Waals surface area contributed by atoms with E-state index in [0.29, 0.717) is 12.6 Å². The van der Waals surface area contributed by atoms with Gasteiger partial charge in [0.05, 0.1) is 6.54 Å². The standard InChI is InChI=1S/C22H28N2O2S/c1-17-5-7-18(8-6-17)22-10-9-20(26-22)16-24-19(15-23-11-3-12-25)14-21-4-2-13-27-21/h2,4-10,13,19,23-25H,3,11-12,14-16H2,1H3. The molecule has 0 aliphatic carbocycles. The van der Waals surface area contributed by atoms with E-state index in [1.54, 1.807) is 11.3 Å². The molecule has 1 unspecified atom stereocenters. The summed E-state index contributed by atoms with van der Waals surface area (Å²) in [5, 5.41) is 18.1. The second kappa shape index (κ2) is 10.4. The highest BCUT2D eigenvalue weighted by molar-refractivity contribution is 7.09. The lowest BCUT2D eigenvalue weighted by atomic mass is 10.1. The van der Waals surface area contributed by atoms with Crippen LogP contribution in [-0.4, -0.2) is 30.8 Å². The number of thiophene rings is 1. The van der Waals surface area contributed by atoms with Crippen molar-refractivity contribution in [3.63, 3.8) is 0 Å². The van der Waals surface area contributed by atoms with Crippen LogP contribution in [0.5, 0.6) is 0 Å². The Morgan fingerprint density at radius 2 is 1.96 bits per heavy atom. The maximum Gasteiger partial charge on any atom is 0.134 e. The average molecular weight is 385 g/mol. The molecule has 0 bridgehead atoms. The van der Waals surface area contributed by atoms with Crippen molar-refractivity contribution in [2.45, 2.75) is 32.4 Å². The Kier molecular flexibility index (Phi) is 7.66. The van der Waals surface area contributed by atoms with Crippen LogP contribution in [0.1, 0.15) is 22.6 Å². The van der Waals surface area contributed by atoms with Crippen LogP contribution in [-0.2, 0) is 13.0 Å². The number of benzene rings is 1. The molecule has 3 rings (SSSR count). The van der Waals surface area contributed by atoms with Crippen molar-refractivity contribution in [2.75, 3.05) is 19.7 Å². The fourth-order valence-corrected chi connectivity index (χ4v) is 3.75. The van der Waals surface area contributed by atoms with Crippen LogP contribution in [0.3, 0.4) is 0 Å². The Morgan fingerprint density at radius 1 is 1.11 bits per heavy atom. The number of nitrogens with one attached hydrogen (secondary N) is 2. The first-order valence-corrected chi connectivity index (χ1v) is 10.4. The molecule has 2 aromatic heterocycles. The van der Waals surface area contributed by atoms with Gasteiger partial charge in [0.2, 0.25) is 0 Å². The number of hydrogen-bond donors (Lipinski definition) is 3. The van der Waals surface area contributed by atoms with Crippen molar-refractivity contribution >= 4 is 11.3 Å².